The van der Waals surface area contributed by atoms with Crippen molar-refractivity contribution in [1.82, 2.24) is 9.80 Å². The SMILES string of the molecule is CC(C)N1CC(N2C[C@@H](C)O[C@@H](C)C2)C1. The van der Waals surface area contributed by atoms with Crippen LogP contribution in [0.4, 0.5) is 0 Å². The summed E-state index contributed by atoms with van der Waals surface area (Å²) in [6, 6.07) is 1.48. The molecule has 0 bridgehead atoms. The number of morpholine rings is 1. The molecule has 3 nitrogen and oxygen atoms in total. The average molecular weight is 212 g/mol. The summed E-state index contributed by atoms with van der Waals surface area (Å²) in [5.41, 5.74) is 0. The maximum absolute atomic E-state index is 5.75. The Balaban J connectivity index is 1.80. The van der Waals surface area contributed by atoms with Gasteiger partial charge in [-0.15, -0.1) is 0 Å². The lowest BCUT2D eigenvalue weighted by Crippen LogP contribution is -2.64. The van der Waals surface area contributed by atoms with Gasteiger partial charge >= 0.3 is 0 Å². The van der Waals surface area contributed by atoms with E-state index in [0.717, 1.165) is 19.1 Å². The van der Waals surface area contributed by atoms with Crippen LogP contribution < -0.4 is 0 Å². The molecule has 2 atom stereocenters. The highest BCUT2D eigenvalue weighted by Gasteiger charge is 2.36. The van der Waals surface area contributed by atoms with Crippen LogP contribution in [0.15, 0.2) is 0 Å². The molecule has 0 unspecified atom stereocenters. The first kappa shape index (κ1) is 11.4. The van der Waals surface area contributed by atoms with Crippen molar-refractivity contribution >= 4 is 0 Å². The highest BCUT2D eigenvalue weighted by atomic mass is 16.5. The summed E-state index contributed by atoms with van der Waals surface area (Å²) in [5.74, 6) is 0. The Labute approximate surface area is 93.4 Å². The average Bonchev–Trinajstić information content (AvgIpc) is 1.97. The van der Waals surface area contributed by atoms with Crippen LogP contribution in [0, 0.1) is 0 Å². The summed E-state index contributed by atoms with van der Waals surface area (Å²) in [4.78, 5) is 5.15. The number of hydrogen-bond donors (Lipinski definition) is 0. The lowest BCUT2D eigenvalue weighted by atomic mass is 10.0. The molecule has 88 valence electrons. The van der Waals surface area contributed by atoms with Crippen molar-refractivity contribution in [3.8, 4) is 0 Å². The Morgan fingerprint density at radius 3 is 2.00 bits per heavy atom. The molecular formula is C12H24N2O. The van der Waals surface area contributed by atoms with E-state index in [1.165, 1.54) is 13.1 Å². The van der Waals surface area contributed by atoms with Gasteiger partial charge in [0.1, 0.15) is 0 Å². The standard InChI is InChI=1S/C12H24N2O/c1-9(2)13-7-12(8-13)14-5-10(3)15-11(4)6-14/h9-12H,5-8H2,1-4H3/t10-,11+. The molecule has 0 saturated carbocycles. The van der Waals surface area contributed by atoms with Gasteiger partial charge in [-0.05, 0) is 27.7 Å². The summed E-state index contributed by atoms with van der Waals surface area (Å²) >= 11 is 0. The van der Waals surface area contributed by atoms with Crippen LogP contribution in [-0.4, -0.2) is 60.3 Å². The van der Waals surface area contributed by atoms with E-state index in [0.29, 0.717) is 18.2 Å². The third kappa shape index (κ3) is 2.52. The molecule has 2 aliphatic rings. The van der Waals surface area contributed by atoms with E-state index in [1.54, 1.807) is 0 Å². The van der Waals surface area contributed by atoms with E-state index in [9.17, 15) is 0 Å². The zero-order valence-electron chi connectivity index (χ0n) is 10.4. The van der Waals surface area contributed by atoms with Gasteiger partial charge in [0.15, 0.2) is 0 Å². The van der Waals surface area contributed by atoms with E-state index in [-0.39, 0.29) is 0 Å². The van der Waals surface area contributed by atoms with Crippen LogP contribution >= 0.6 is 0 Å². The van der Waals surface area contributed by atoms with Crippen LogP contribution in [0.3, 0.4) is 0 Å². The number of rotatable bonds is 2. The normalized spacial score (nSPS) is 35.8. The molecule has 0 radical (unpaired) electrons. The molecule has 15 heavy (non-hydrogen) atoms. The molecule has 0 aromatic heterocycles. The van der Waals surface area contributed by atoms with E-state index < -0.39 is 0 Å². The van der Waals surface area contributed by atoms with Gasteiger partial charge in [-0.3, -0.25) is 9.80 Å². The molecule has 0 aromatic carbocycles. The van der Waals surface area contributed by atoms with Gasteiger partial charge in [0.25, 0.3) is 0 Å². The number of hydrogen-bond acceptors (Lipinski definition) is 3. The van der Waals surface area contributed by atoms with Crippen molar-refractivity contribution in [3.05, 3.63) is 0 Å². The first-order valence-corrected chi connectivity index (χ1v) is 6.20. The molecule has 2 heterocycles. The fourth-order valence-electron chi connectivity index (χ4n) is 2.66. The van der Waals surface area contributed by atoms with Crippen molar-refractivity contribution in [3.63, 3.8) is 0 Å². The zero-order valence-corrected chi connectivity index (χ0v) is 10.4. The molecule has 2 saturated heterocycles. The van der Waals surface area contributed by atoms with Crippen LogP contribution in [0.1, 0.15) is 27.7 Å². The summed E-state index contributed by atoms with van der Waals surface area (Å²) in [6.45, 7) is 13.6. The molecule has 0 amide bonds. The second kappa shape index (κ2) is 4.40. The topological polar surface area (TPSA) is 15.7 Å². The highest BCUT2D eigenvalue weighted by Crippen LogP contribution is 2.21. The Morgan fingerprint density at radius 2 is 1.53 bits per heavy atom. The van der Waals surface area contributed by atoms with Crippen molar-refractivity contribution in [2.24, 2.45) is 0 Å². The number of ether oxygens (including phenoxy) is 1. The Morgan fingerprint density at radius 1 is 1.00 bits per heavy atom. The predicted octanol–water partition coefficient (Wildman–Crippen LogP) is 1.19. The van der Waals surface area contributed by atoms with Gasteiger partial charge < -0.3 is 4.74 Å². The van der Waals surface area contributed by atoms with Gasteiger partial charge in [0.2, 0.25) is 0 Å². The van der Waals surface area contributed by atoms with Gasteiger partial charge in [-0.1, -0.05) is 0 Å². The highest BCUT2D eigenvalue weighted by molar-refractivity contribution is 4.92. The molecule has 2 fully saturated rings. The van der Waals surface area contributed by atoms with Crippen molar-refractivity contribution in [2.75, 3.05) is 26.2 Å². The third-order valence-electron chi connectivity index (χ3n) is 3.59. The monoisotopic (exact) mass is 212 g/mol. The van der Waals surface area contributed by atoms with E-state index in [4.69, 9.17) is 4.74 Å². The van der Waals surface area contributed by atoms with Gasteiger partial charge in [-0.25, -0.2) is 0 Å². The fraction of sp³-hybridized carbons (Fsp3) is 1.00. The number of nitrogens with zero attached hydrogens (tertiary/aromatic N) is 2. The van der Waals surface area contributed by atoms with Gasteiger partial charge in [-0.2, -0.15) is 0 Å². The second-order valence-electron chi connectivity index (χ2n) is 5.41. The van der Waals surface area contributed by atoms with Crippen molar-refractivity contribution in [1.29, 1.82) is 0 Å². The minimum atomic E-state index is 0.404. The maximum Gasteiger partial charge on any atom is 0.0678 e. The van der Waals surface area contributed by atoms with Crippen LogP contribution in [0.25, 0.3) is 0 Å². The Bertz CT molecular complexity index is 204. The minimum absolute atomic E-state index is 0.404. The smallest absolute Gasteiger partial charge is 0.0678 e. The molecule has 2 aliphatic heterocycles. The Kier molecular flexibility index (Phi) is 3.33. The third-order valence-corrected chi connectivity index (χ3v) is 3.59. The molecule has 0 aliphatic carbocycles. The lowest BCUT2D eigenvalue weighted by Gasteiger charge is -2.50. The summed E-state index contributed by atoms with van der Waals surface area (Å²) in [5, 5.41) is 0. The molecule has 0 spiro atoms. The van der Waals surface area contributed by atoms with Gasteiger partial charge in [0.05, 0.1) is 12.2 Å². The predicted molar refractivity (Wildman–Crippen MR) is 62.1 cm³/mol. The maximum atomic E-state index is 5.75. The quantitative estimate of drug-likeness (QED) is 0.684. The molecular weight excluding hydrogens is 188 g/mol. The molecule has 3 heteroatoms. The lowest BCUT2D eigenvalue weighted by molar-refractivity contribution is -0.105. The molecule has 0 aromatic rings. The first-order chi connectivity index (χ1) is 7.06. The summed E-state index contributed by atoms with van der Waals surface area (Å²) in [7, 11) is 0. The van der Waals surface area contributed by atoms with Crippen molar-refractivity contribution in [2.45, 2.75) is 52.0 Å². The van der Waals surface area contributed by atoms with Crippen LogP contribution in [0.5, 0.6) is 0 Å². The van der Waals surface area contributed by atoms with Crippen molar-refractivity contribution < 1.29 is 4.74 Å². The fourth-order valence-corrected chi connectivity index (χ4v) is 2.66. The number of likely N-dealkylation sites (tertiary alicyclic amines) is 1. The van der Waals surface area contributed by atoms with E-state index >= 15 is 0 Å². The largest absolute Gasteiger partial charge is 0.373 e. The van der Waals surface area contributed by atoms with E-state index in [2.05, 4.69) is 37.5 Å². The van der Waals surface area contributed by atoms with Crippen LogP contribution in [-0.2, 0) is 4.74 Å². The molecule has 2 rings (SSSR count). The summed E-state index contributed by atoms with van der Waals surface area (Å²) in [6.07, 6.45) is 0.809. The van der Waals surface area contributed by atoms with E-state index in [1.807, 2.05) is 0 Å². The van der Waals surface area contributed by atoms with Gasteiger partial charge in [0, 0.05) is 38.3 Å². The first-order valence-electron chi connectivity index (χ1n) is 6.20. The minimum Gasteiger partial charge on any atom is -0.373 e. The summed E-state index contributed by atoms with van der Waals surface area (Å²) < 4.78 is 5.75. The zero-order chi connectivity index (χ0) is 11.0. The Hall–Kier alpha value is -0.120. The second-order valence-corrected chi connectivity index (χ2v) is 5.41. The molecule has 0 N–H and O–H groups in total. The van der Waals surface area contributed by atoms with Crippen LogP contribution in [0.2, 0.25) is 0 Å².